The summed E-state index contributed by atoms with van der Waals surface area (Å²) >= 11 is 0. The largest absolute Gasteiger partial charge is 0.416 e. The molecular formula is C60H32B2F12. The Morgan fingerprint density at radius 2 is 0.595 bits per heavy atom. The molecule has 4 aliphatic heterocycles. The van der Waals surface area contributed by atoms with Gasteiger partial charge in [0.15, 0.2) is 0 Å². The highest BCUT2D eigenvalue weighted by Crippen LogP contribution is 2.53. The van der Waals surface area contributed by atoms with Gasteiger partial charge in [0.05, 0.1) is 22.3 Å². The molecule has 362 valence electrons. The summed E-state index contributed by atoms with van der Waals surface area (Å²) in [6, 6.07) is 29.6. The molecule has 0 saturated carbocycles. The van der Waals surface area contributed by atoms with E-state index in [4.69, 9.17) is 0 Å². The fourth-order valence-electron chi connectivity index (χ4n) is 13.6. The Bertz CT molecular complexity index is 3940. The maximum atomic E-state index is 15.3. The van der Waals surface area contributed by atoms with Crippen LogP contribution in [0.25, 0.3) is 99.1 Å². The van der Waals surface area contributed by atoms with E-state index in [-0.39, 0.29) is 33.4 Å². The molecule has 0 nitrogen and oxygen atoms in total. The number of benzene rings is 10. The lowest BCUT2D eigenvalue weighted by Gasteiger charge is -2.33. The molecule has 4 heterocycles. The van der Waals surface area contributed by atoms with Crippen molar-refractivity contribution < 1.29 is 52.7 Å². The van der Waals surface area contributed by atoms with Crippen molar-refractivity contribution in [3.05, 3.63) is 166 Å². The smallest absolute Gasteiger partial charge is 0.166 e. The molecule has 14 heteroatoms. The fraction of sp³-hybridized carbons (Fsp3) is 0.133. The van der Waals surface area contributed by atoms with E-state index < -0.39 is 60.4 Å². The third kappa shape index (κ3) is 5.88. The molecule has 0 fully saturated rings. The molecule has 0 unspecified atom stereocenters. The van der Waals surface area contributed by atoms with Gasteiger partial charge in [0.1, 0.15) is 0 Å². The van der Waals surface area contributed by atoms with Crippen LogP contribution in [0.1, 0.15) is 44.5 Å². The normalized spacial score (nSPS) is 14.2. The third-order valence-corrected chi connectivity index (χ3v) is 16.4. The van der Waals surface area contributed by atoms with E-state index in [1.807, 2.05) is 88.4 Å². The summed E-state index contributed by atoms with van der Waals surface area (Å²) in [5, 5.41) is 3.61. The molecule has 74 heavy (non-hydrogen) atoms. The summed E-state index contributed by atoms with van der Waals surface area (Å²) in [7, 11) is 0. The van der Waals surface area contributed by atoms with Gasteiger partial charge in [-0.3, -0.25) is 0 Å². The maximum Gasteiger partial charge on any atom is 0.416 e. The van der Waals surface area contributed by atoms with E-state index in [2.05, 4.69) is 0 Å². The van der Waals surface area contributed by atoms with Gasteiger partial charge in [-0.2, -0.15) is 52.7 Å². The maximum absolute atomic E-state index is 15.3. The Morgan fingerprint density at radius 1 is 0.284 bits per heavy atom. The first-order valence-corrected chi connectivity index (χ1v) is 23.8. The minimum Gasteiger partial charge on any atom is -0.166 e. The number of halogens is 12. The zero-order chi connectivity index (χ0) is 51.8. The number of fused-ring (bicyclic) bond motifs is 10. The Labute approximate surface area is 414 Å². The van der Waals surface area contributed by atoms with Crippen LogP contribution in [-0.2, 0) is 24.7 Å². The molecule has 0 aliphatic carbocycles. The SMILES string of the molecule is Cc1cccc(C)c1-c1cc2c3c(cc4c(-c5c(C)cccc5C)cc5c6c(cc1c3c46)B1c3ccc(C(F)(F)F)cc3-c3cc(C(F)(F)F)cc-5c31)B1c3ccc(C(F)(F)F)cc3-c3cc(C(F)(F)F)cc-2c31. The van der Waals surface area contributed by atoms with Gasteiger partial charge in [-0.05, 0) is 198 Å². The van der Waals surface area contributed by atoms with Crippen LogP contribution in [-0.4, -0.2) is 13.4 Å². The van der Waals surface area contributed by atoms with Crippen LogP contribution in [0, 0.1) is 27.7 Å². The highest BCUT2D eigenvalue weighted by atomic mass is 19.4. The first kappa shape index (κ1) is 45.2. The predicted octanol–water partition coefficient (Wildman–Crippen LogP) is 14.2. The van der Waals surface area contributed by atoms with Crippen molar-refractivity contribution in [3.8, 4) is 66.8 Å². The van der Waals surface area contributed by atoms with Crippen LogP contribution < -0.4 is 32.8 Å². The lowest BCUT2D eigenvalue weighted by atomic mass is 9.34. The second-order valence-electron chi connectivity index (χ2n) is 20.4. The van der Waals surface area contributed by atoms with Gasteiger partial charge >= 0.3 is 24.7 Å². The Balaban J connectivity index is 1.24. The zero-order valence-corrected chi connectivity index (χ0v) is 39.2. The first-order chi connectivity index (χ1) is 34.9. The second kappa shape index (κ2) is 14.2. The molecule has 0 amide bonds. The molecule has 0 radical (unpaired) electrons. The molecule has 4 aliphatic rings. The molecule has 0 spiro atoms. The number of alkyl halides is 12. The fourth-order valence-corrected chi connectivity index (χ4v) is 13.6. The van der Waals surface area contributed by atoms with Gasteiger partial charge in [-0.1, -0.05) is 106 Å². The summed E-state index contributed by atoms with van der Waals surface area (Å²) in [6.45, 7) is 5.97. The number of aryl methyl sites for hydroxylation is 4. The number of hydrogen-bond acceptors (Lipinski definition) is 0. The molecule has 0 aromatic heterocycles. The van der Waals surface area contributed by atoms with Crippen molar-refractivity contribution >= 4 is 78.5 Å². The standard InChI is InChI=1S/C60H32B2F12/c1-25-7-5-8-26(2)49(25)35-21-37-43-19-31(59(69,70)71)17-41-33-15-30(58(66,67)68)12-14-46(33)62(55(41)43)48-24-40-36(50-27(3)9-6-10-28(50)4)22-38-44-20-32(60(72,73)74)18-42-34-16-29(57(63,64)65)11-13-45(34)61(56(42)44)47-23-39(35)53(51(37)48)54(40)52(38)47/h5-24H,1-4H3. The topological polar surface area (TPSA) is 0 Å². The van der Waals surface area contributed by atoms with Gasteiger partial charge in [-0.25, -0.2) is 0 Å². The van der Waals surface area contributed by atoms with E-state index in [1.165, 1.54) is 12.1 Å². The van der Waals surface area contributed by atoms with Crippen molar-refractivity contribution in [2.24, 2.45) is 0 Å². The van der Waals surface area contributed by atoms with E-state index >= 15 is 26.3 Å². The monoisotopic (exact) mass is 1000 g/mol. The zero-order valence-electron chi connectivity index (χ0n) is 39.2. The van der Waals surface area contributed by atoms with Crippen LogP contribution in [0.15, 0.2) is 121 Å². The van der Waals surface area contributed by atoms with E-state index in [0.29, 0.717) is 87.3 Å². The van der Waals surface area contributed by atoms with Crippen LogP contribution in [0.4, 0.5) is 52.7 Å². The molecule has 10 aromatic rings. The van der Waals surface area contributed by atoms with Crippen LogP contribution in [0.2, 0.25) is 0 Å². The van der Waals surface area contributed by atoms with Crippen molar-refractivity contribution in [3.63, 3.8) is 0 Å². The molecular weight excluding hydrogens is 970 g/mol. The molecule has 0 atom stereocenters. The van der Waals surface area contributed by atoms with Crippen LogP contribution in [0.3, 0.4) is 0 Å². The van der Waals surface area contributed by atoms with Gasteiger partial charge in [0.2, 0.25) is 13.4 Å². The summed E-state index contributed by atoms with van der Waals surface area (Å²) in [5.74, 6) is 0. The molecule has 0 bridgehead atoms. The number of hydrogen-bond donors (Lipinski definition) is 0. The van der Waals surface area contributed by atoms with E-state index in [1.54, 1.807) is 0 Å². The summed E-state index contributed by atoms with van der Waals surface area (Å²) in [5.41, 5.74) is 6.22. The number of rotatable bonds is 2. The van der Waals surface area contributed by atoms with E-state index in [0.717, 1.165) is 81.9 Å². The van der Waals surface area contributed by atoms with Gasteiger partial charge < -0.3 is 0 Å². The third-order valence-electron chi connectivity index (χ3n) is 16.4. The van der Waals surface area contributed by atoms with Gasteiger partial charge in [0.25, 0.3) is 0 Å². The molecule has 14 rings (SSSR count). The second-order valence-corrected chi connectivity index (χ2v) is 20.4. The summed E-state index contributed by atoms with van der Waals surface area (Å²) in [4.78, 5) is 0. The highest BCUT2D eigenvalue weighted by Gasteiger charge is 2.48. The van der Waals surface area contributed by atoms with Crippen molar-refractivity contribution in [2.75, 3.05) is 0 Å². The minimum atomic E-state index is -4.91. The lowest BCUT2D eigenvalue weighted by Crippen LogP contribution is -2.53. The van der Waals surface area contributed by atoms with E-state index in [9.17, 15) is 26.3 Å². The minimum absolute atomic E-state index is 0.0274. The van der Waals surface area contributed by atoms with Gasteiger partial charge in [-0.15, -0.1) is 0 Å². The Hall–Kier alpha value is -7.47. The average Bonchev–Trinajstić information content (AvgIpc) is 3.92. The highest BCUT2D eigenvalue weighted by molar-refractivity contribution is 7.03. The Morgan fingerprint density at radius 3 is 0.919 bits per heavy atom. The average molecular weight is 1000 g/mol. The van der Waals surface area contributed by atoms with Crippen LogP contribution >= 0.6 is 0 Å². The molecule has 0 N–H and O–H groups in total. The van der Waals surface area contributed by atoms with Crippen molar-refractivity contribution in [2.45, 2.75) is 52.4 Å². The quantitative estimate of drug-likeness (QED) is 0.0920. The first-order valence-electron chi connectivity index (χ1n) is 23.8. The predicted molar refractivity (Wildman–Crippen MR) is 271 cm³/mol. The van der Waals surface area contributed by atoms with Crippen molar-refractivity contribution in [1.29, 1.82) is 0 Å². The Kier molecular flexibility index (Phi) is 8.68. The molecule has 0 saturated heterocycles. The molecule has 10 aromatic carbocycles. The lowest BCUT2D eigenvalue weighted by molar-refractivity contribution is -0.138. The van der Waals surface area contributed by atoms with Crippen molar-refractivity contribution in [1.82, 2.24) is 0 Å². The summed E-state index contributed by atoms with van der Waals surface area (Å²) in [6.07, 6.45) is -19.4. The van der Waals surface area contributed by atoms with Crippen LogP contribution in [0.5, 0.6) is 0 Å². The summed E-state index contributed by atoms with van der Waals surface area (Å²) < 4.78 is 179. The van der Waals surface area contributed by atoms with Gasteiger partial charge in [0, 0.05) is 0 Å².